The van der Waals surface area contributed by atoms with Gasteiger partial charge in [0.05, 0.1) is 0 Å². The fourth-order valence-electron chi connectivity index (χ4n) is 1.97. The Kier molecular flexibility index (Phi) is 5.55. The van der Waals surface area contributed by atoms with E-state index in [-0.39, 0.29) is 17.8 Å². The molecule has 0 spiro atoms. The molecule has 110 valence electrons. The van der Waals surface area contributed by atoms with Gasteiger partial charge in [-0.2, -0.15) is 0 Å². The number of benzene rings is 1. The van der Waals surface area contributed by atoms with Gasteiger partial charge in [-0.3, -0.25) is 4.79 Å². The third kappa shape index (κ3) is 3.73. The van der Waals surface area contributed by atoms with Gasteiger partial charge < -0.3 is 16.3 Å². The molecule has 5 heteroatoms. The highest BCUT2D eigenvalue weighted by molar-refractivity contribution is 6.06. The zero-order chi connectivity index (χ0) is 15.2. The normalized spacial score (nSPS) is 16.2. The van der Waals surface area contributed by atoms with Crippen molar-refractivity contribution in [1.82, 2.24) is 5.32 Å². The van der Waals surface area contributed by atoms with Crippen molar-refractivity contribution in [3.8, 4) is 0 Å². The molecule has 0 aliphatic rings. The maximum absolute atomic E-state index is 12.3. The quantitative estimate of drug-likeness (QED) is 0.321. The van der Waals surface area contributed by atoms with Crippen LogP contribution in [-0.2, 0) is 11.2 Å². The summed E-state index contributed by atoms with van der Waals surface area (Å²) in [5.41, 5.74) is 5.80. The Morgan fingerprint density at radius 2 is 2.05 bits per heavy atom. The van der Waals surface area contributed by atoms with Crippen LogP contribution in [0.5, 0.6) is 0 Å². The van der Waals surface area contributed by atoms with E-state index in [0.717, 1.165) is 12.0 Å². The summed E-state index contributed by atoms with van der Waals surface area (Å²) in [6.45, 7) is 5.44. The first kappa shape index (κ1) is 16.0. The van der Waals surface area contributed by atoms with E-state index in [9.17, 15) is 4.79 Å². The summed E-state index contributed by atoms with van der Waals surface area (Å²) in [5.74, 6) is -0.289. The molecule has 1 amide bonds. The zero-order valence-corrected chi connectivity index (χ0v) is 12.3. The Balaban J connectivity index is 2.70. The van der Waals surface area contributed by atoms with E-state index in [1.807, 2.05) is 44.2 Å². The summed E-state index contributed by atoms with van der Waals surface area (Å²) in [4.78, 5) is 12.3. The summed E-state index contributed by atoms with van der Waals surface area (Å²) >= 11 is 0. The molecule has 2 unspecified atom stereocenters. The highest BCUT2D eigenvalue weighted by Gasteiger charge is 2.36. The highest BCUT2D eigenvalue weighted by Crippen LogP contribution is 2.22. The van der Waals surface area contributed by atoms with Crippen LogP contribution >= 0.6 is 0 Å². The van der Waals surface area contributed by atoms with Crippen molar-refractivity contribution in [2.45, 2.75) is 39.7 Å². The van der Waals surface area contributed by atoms with Gasteiger partial charge in [0.1, 0.15) is 5.41 Å². The molecule has 5 nitrogen and oxygen atoms in total. The standard InChI is InChI=1S/C15H23N3O2/c1-4-15(3,13(16)18-20)14(19)17-11(2)10-12-8-6-5-7-9-12/h5-9,11,20H,4,10H2,1-3H3,(H2,16,18)(H,17,19). The van der Waals surface area contributed by atoms with E-state index in [2.05, 4.69) is 10.5 Å². The minimum Gasteiger partial charge on any atom is -0.409 e. The molecule has 0 fully saturated rings. The smallest absolute Gasteiger partial charge is 0.233 e. The summed E-state index contributed by atoms with van der Waals surface area (Å²) in [7, 11) is 0. The van der Waals surface area contributed by atoms with Crippen molar-refractivity contribution in [2.75, 3.05) is 0 Å². The number of amidine groups is 1. The minimum absolute atomic E-state index is 0.0257. The molecule has 4 N–H and O–H groups in total. The van der Waals surface area contributed by atoms with Crippen molar-refractivity contribution in [2.24, 2.45) is 16.3 Å². The van der Waals surface area contributed by atoms with Crippen molar-refractivity contribution in [1.29, 1.82) is 0 Å². The Hall–Kier alpha value is -2.04. The van der Waals surface area contributed by atoms with Crippen LogP contribution in [0.2, 0.25) is 0 Å². The molecule has 0 aliphatic heterocycles. The number of rotatable bonds is 6. The molecule has 0 aromatic heterocycles. The molecule has 0 aliphatic carbocycles. The lowest BCUT2D eigenvalue weighted by Crippen LogP contribution is -2.50. The highest BCUT2D eigenvalue weighted by atomic mass is 16.4. The SMILES string of the molecule is CCC(C)(C(=O)NC(C)Cc1ccccc1)/C(N)=N/O. The first-order chi connectivity index (χ1) is 9.43. The van der Waals surface area contributed by atoms with E-state index < -0.39 is 5.41 Å². The number of carbonyl (C=O) groups excluding carboxylic acids is 1. The van der Waals surface area contributed by atoms with Gasteiger partial charge in [0.2, 0.25) is 5.91 Å². The fourth-order valence-corrected chi connectivity index (χ4v) is 1.97. The maximum atomic E-state index is 12.3. The maximum Gasteiger partial charge on any atom is 0.233 e. The number of nitrogens with two attached hydrogens (primary N) is 1. The zero-order valence-electron chi connectivity index (χ0n) is 12.3. The third-order valence-electron chi connectivity index (χ3n) is 3.64. The number of hydrogen-bond donors (Lipinski definition) is 3. The van der Waals surface area contributed by atoms with Crippen molar-refractivity contribution in [3.05, 3.63) is 35.9 Å². The Morgan fingerprint density at radius 1 is 1.45 bits per heavy atom. The molecule has 0 saturated carbocycles. The van der Waals surface area contributed by atoms with Gasteiger partial charge >= 0.3 is 0 Å². The minimum atomic E-state index is -0.986. The predicted molar refractivity (Wildman–Crippen MR) is 79.6 cm³/mol. The number of carbonyl (C=O) groups is 1. The summed E-state index contributed by atoms with van der Waals surface area (Å²) in [6, 6.07) is 9.91. The van der Waals surface area contributed by atoms with Crippen LogP contribution in [0.3, 0.4) is 0 Å². The third-order valence-corrected chi connectivity index (χ3v) is 3.64. The lowest BCUT2D eigenvalue weighted by Gasteiger charge is -2.27. The van der Waals surface area contributed by atoms with E-state index in [1.54, 1.807) is 6.92 Å². The van der Waals surface area contributed by atoms with Crippen LogP contribution in [0, 0.1) is 5.41 Å². The van der Waals surface area contributed by atoms with Crippen molar-refractivity contribution < 1.29 is 10.0 Å². The molecule has 0 saturated heterocycles. The second-order valence-electron chi connectivity index (χ2n) is 5.24. The lowest BCUT2D eigenvalue weighted by molar-refractivity contribution is -0.127. The number of nitrogens with zero attached hydrogens (tertiary/aromatic N) is 1. The predicted octanol–water partition coefficient (Wildman–Crippen LogP) is 1.90. The van der Waals surface area contributed by atoms with Crippen molar-refractivity contribution in [3.63, 3.8) is 0 Å². The Morgan fingerprint density at radius 3 is 2.55 bits per heavy atom. The lowest BCUT2D eigenvalue weighted by atomic mass is 9.85. The van der Waals surface area contributed by atoms with Crippen molar-refractivity contribution >= 4 is 11.7 Å². The van der Waals surface area contributed by atoms with Gasteiger partial charge in [0.15, 0.2) is 5.84 Å². The number of amides is 1. The van der Waals surface area contributed by atoms with Crippen LogP contribution in [0.15, 0.2) is 35.5 Å². The van der Waals surface area contributed by atoms with E-state index in [0.29, 0.717) is 6.42 Å². The largest absolute Gasteiger partial charge is 0.409 e. The first-order valence-electron chi connectivity index (χ1n) is 6.77. The van der Waals surface area contributed by atoms with Gasteiger partial charge in [-0.25, -0.2) is 0 Å². The van der Waals surface area contributed by atoms with Gasteiger partial charge in [0, 0.05) is 6.04 Å². The monoisotopic (exact) mass is 277 g/mol. The average molecular weight is 277 g/mol. The van der Waals surface area contributed by atoms with Crippen LogP contribution in [0.4, 0.5) is 0 Å². The summed E-state index contributed by atoms with van der Waals surface area (Å²) in [6.07, 6.45) is 1.20. The molecular formula is C15H23N3O2. The molecular weight excluding hydrogens is 254 g/mol. The first-order valence-corrected chi connectivity index (χ1v) is 6.77. The average Bonchev–Trinajstić information content (AvgIpc) is 2.46. The van der Waals surface area contributed by atoms with Gasteiger partial charge in [-0.1, -0.05) is 42.4 Å². The Labute approximate surface area is 119 Å². The second kappa shape index (κ2) is 6.93. The number of nitrogens with one attached hydrogen (secondary N) is 1. The topological polar surface area (TPSA) is 87.7 Å². The van der Waals surface area contributed by atoms with Gasteiger partial charge in [0.25, 0.3) is 0 Å². The second-order valence-corrected chi connectivity index (χ2v) is 5.24. The van der Waals surface area contributed by atoms with Gasteiger partial charge in [-0.15, -0.1) is 0 Å². The van der Waals surface area contributed by atoms with Crippen LogP contribution in [0.25, 0.3) is 0 Å². The summed E-state index contributed by atoms with van der Waals surface area (Å²) < 4.78 is 0. The van der Waals surface area contributed by atoms with Crippen LogP contribution < -0.4 is 11.1 Å². The molecule has 0 radical (unpaired) electrons. The van der Waals surface area contributed by atoms with E-state index >= 15 is 0 Å². The number of hydrogen-bond acceptors (Lipinski definition) is 3. The van der Waals surface area contributed by atoms with E-state index in [4.69, 9.17) is 10.9 Å². The molecule has 2 atom stereocenters. The van der Waals surface area contributed by atoms with Gasteiger partial charge in [-0.05, 0) is 32.3 Å². The Bertz CT molecular complexity index is 473. The fraction of sp³-hybridized carbons (Fsp3) is 0.467. The number of oxime groups is 1. The van der Waals surface area contributed by atoms with E-state index in [1.165, 1.54) is 0 Å². The molecule has 1 aromatic carbocycles. The van der Waals surface area contributed by atoms with Crippen LogP contribution in [0.1, 0.15) is 32.8 Å². The molecule has 20 heavy (non-hydrogen) atoms. The molecule has 1 aromatic rings. The van der Waals surface area contributed by atoms with Crippen LogP contribution in [-0.4, -0.2) is 23.0 Å². The molecule has 0 bridgehead atoms. The summed E-state index contributed by atoms with van der Waals surface area (Å²) in [5, 5.41) is 14.7. The molecule has 0 heterocycles. The molecule has 1 rings (SSSR count).